The van der Waals surface area contributed by atoms with Crippen LogP contribution in [0, 0.1) is 0 Å². The van der Waals surface area contributed by atoms with Gasteiger partial charge in [0.15, 0.2) is 0 Å². The van der Waals surface area contributed by atoms with E-state index >= 15 is 0 Å². The highest BCUT2D eigenvalue weighted by molar-refractivity contribution is 5.98. The quantitative estimate of drug-likeness (QED) is 0.832. The van der Waals surface area contributed by atoms with E-state index in [1.54, 1.807) is 24.4 Å². The Bertz CT molecular complexity index is 576. The van der Waals surface area contributed by atoms with Gasteiger partial charge in [0.2, 0.25) is 0 Å². The maximum absolute atomic E-state index is 11.0. The highest BCUT2D eigenvalue weighted by Crippen LogP contribution is 2.06. The van der Waals surface area contributed by atoms with Crippen molar-refractivity contribution >= 4 is 12.2 Å². The maximum Gasteiger partial charge on any atom is 0.336 e. The standard InChI is InChI=1S/C16H15NO2/c18-16(19)15-9-5-4-8-14(15)12-17-11-10-13-6-2-1-3-7-13/h1-9,12H,10-11H2,(H,18,19). The maximum atomic E-state index is 11.0. The summed E-state index contributed by atoms with van der Waals surface area (Å²) in [5.74, 6) is -0.926. The Labute approximate surface area is 112 Å². The molecule has 96 valence electrons. The van der Waals surface area contributed by atoms with Crippen LogP contribution in [-0.2, 0) is 6.42 Å². The van der Waals surface area contributed by atoms with Crippen LogP contribution < -0.4 is 0 Å². The number of aromatic carboxylic acids is 1. The van der Waals surface area contributed by atoms with Crippen LogP contribution in [0.5, 0.6) is 0 Å². The van der Waals surface area contributed by atoms with Gasteiger partial charge in [0, 0.05) is 18.3 Å². The van der Waals surface area contributed by atoms with Gasteiger partial charge in [-0.05, 0) is 18.1 Å². The largest absolute Gasteiger partial charge is 0.478 e. The number of hydrogen-bond donors (Lipinski definition) is 1. The first kappa shape index (κ1) is 13.0. The summed E-state index contributed by atoms with van der Waals surface area (Å²) in [7, 11) is 0. The van der Waals surface area contributed by atoms with Crippen molar-refractivity contribution < 1.29 is 9.90 Å². The lowest BCUT2D eigenvalue weighted by Crippen LogP contribution is -2.01. The predicted octanol–water partition coefficient (Wildman–Crippen LogP) is 3.05. The van der Waals surface area contributed by atoms with Crippen molar-refractivity contribution in [2.75, 3.05) is 6.54 Å². The molecule has 3 heteroatoms. The molecule has 0 aliphatic rings. The van der Waals surface area contributed by atoms with Crippen LogP contribution in [0.15, 0.2) is 59.6 Å². The molecule has 0 spiro atoms. The van der Waals surface area contributed by atoms with Crippen LogP contribution >= 0.6 is 0 Å². The zero-order chi connectivity index (χ0) is 13.5. The molecule has 0 aliphatic carbocycles. The minimum absolute atomic E-state index is 0.283. The molecule has 3 nitrogen and oxygen atoms in total. The lowest BCUT2D eigenvalue weighted by Gasteiger charge is -2.00. The van der Waals surface area contributed by atoms with Crippen molar-refractivity contribution in [1.82, 2.24) is 0 Å². The second-order valence-corrected chi connectivity index (χ2v) is 4.16. The number of carboxylic acid groups (broad SMARTS) is 1. The fraction of sp³-hybridized carbons (Fsp3) is 0.125. The number of rotatable bonds is 5. The van der Waals surface area contributed by atoms with Gasteiger partial charge in [0.1, 0.15) is 0 Å². The fourth-order valence-corrected chi connectivity index (χ4v) is 1.81. The molecule has 1 N–H and O–H groups in total. The summed E-state index contributed by atoms with van der Waals surface area (Å²) in [4.78, 5) is 15.3. The molecule has 0 heterocycles. The Morgan fingerprint density at radius 2 is 1.74 bits per heavy atom. The molecule has 2 aromatic carbocycles. The SMILES string of the molecule is O=C(O)c1ccccc1C=NCCc1ccccc1. The van der Waals surface area contributed by atoms with E-state index in [1.165, 1.54) is 5.56 Å². The van der Waals surface area contributed by atoms with E-state index in [2.05, 4.69) is 17.1 Å². The van der Waals surface area contributed by atoms with E-state index in [-0.39, 0.29) is 5.56 Å². The number of benzene rings is 2. The Balaban J connectivity index is 1.98. The Morgan fingerprint density at radius 1 is 1.05 bits per heavy atom. The van der Waals surface area contributed by atoms with E-state index in [4.69, 9.17) is 5.11 Å². The smallest absolute Gasteiger partial charge is 0.336 e. The highest BCUT2D eigenvalue weighted by Gasteiger charge is 2.06. The molecule has 19 heavy (non-hydrogen) atoms. The van der Waals surface area contributed by atoms with Crippen molar-refractivity contribution in [2.45, 2.75) is 6.42 Å². The molecular weight excluding hydrogens is 238 g/mol. The first-order valence-electron chi connectivity index (χ1n) is 6.13. The number of nitrogens with zero attached hydrogens (tertiary/aromatic N) is 1. The zero-order valence-electron chi connectivity index (χ0n) is 10.5. The first-order valence-corrected chi connectivity index (χ1v) is 6.13. The second kappa shape index (κ2) is 6.50. The minimum atomic E-state index is -0.926. The Kier molecular flexibility index (Phi) is 4.45. The molecule has 0 radical (unpaired) electrons. The number of aliphatic imine (C=N–C) groups is 1. The molecule has 0 bridgehead atoms. The first-order chi connectivity index (χ1) is 9.27. The number of hydrogen-bond acceptors (Lipinski definition) is 2. The molecule has 0 aliphatic heterocycles. The Morgan fingerprint density at radius 3 is 2.47 bits per heavy atom. The summed E-state index contributed by atoms with van der Waals surface area (Å²) >= 11 is 0. The minimum Gasteiger partial charge on any atom is -0.478 e. The Hall–Kier alpha value is -2.42. The summed E-state index contributed by atoms with van der Waals surface area (Å²) in [5.41, 5.74) is 2.15. The van der Waals surface area contributed by atoms with Crippen molar-refractivity contribution in [3.63, 3.8) is 0 Å². The molecule has 0 atom stereocenters. The van der Waals surface area contributed by atoms with Gasteiger partial charge in [0.25, 0.3) is 0 Å². The van der Waals surface area contributed by atoms with Crippen LogP contribution in [0.25, 0.3) is 0 Å². The molecule has 0 unspecified atom stereocenters. The van der Waals surface area contributed by atoms with Crippen molar-refractivity contribution in [1.29, 1.82) is 0 Å². The van der Waals surface area contributed by atoms with E-state index in [9.17, 15) is 4.79 Å². The fourth-order valence-electron chi connectivity index (χ4n) is 1.81. The third kappa shape index (κ3) is 3.78. The van der Waals surface area contributed by atoms with Crippen LogP contribution in [0.1, 0.15) is 21.5 Å². The average Bonchev–Trinajstić information content (AvgIpc) is 2.45. The van der Waals surface area contributed by atoms with E-state index in [0.29, 0.717) is 12.1 Å². The van der Waals surface area contributed by atoms with Crippen LogP contribution in [0.4, 0.5) is 0 Å². The van der Waals surface area contributed by atoms with Crippen LogP contribution in [-0.4, -0.2) is 23.8 Å². The normalized spacial score (nSPS) is 10.7. The molecular formula is C16H15NO2. The zero-order valence-corrected chi connectivity index (χ0v) is 10.5. The molecule has 0 amide bonds. The molecule has 0 fully saturated rings. The molecule has 2 rings (SSSR count). The summed E-state index contributed by atoms with van der Waals surface area (Å²) in [5, 5.41) is 9.04. The molecule has 0 aromatic heterocycles. The third-order valence-electron chi connectivity index (χ3n) is 2.79. The summed E-state index contributed by atoms with van der Waals surface area (Å²) in [6.45, 7) is 0.651. The van der Waals surface area contributed by atoms with Gasteiger partial charge in [-0.1, -0.05) is 48.5 Å². The van der Waals surface area contributed by atoms with Gasteiger partial charge in [-0.25, -0.2) is 4.79 Å². The number of carboxylic acids is 1. The molecule has 0 saturated carbocycles. The van der Waals surface area contributed by atoms with Gasteiger partial charge in [0.05, 0.1) is 5.56 Å². The third-order valence-corrected chi connectivity index (χ3v) is 2.79. The van der Waals surface area contributed by atoms with E-state index in [1.807, 2.05) is 24.3 Å². The van der Waals surface area contributed by atoms with Gasteiger partial charge < -0.3 is 5.11 Å². The molecule has 2 aromatic rings. The monoisotopic (exact) mass is 253 g/mol. The molecule has 0 saturated heterocycles. The van der Waals surface area contributed by atoms with E-state index < -0.39 is 5.97 Å². The highest BCUT2D eigenvalue weighted by atomic mass is 16.4. The van der Waals surface area contributed by atoms with Gasteiger partial charge >= 0.3 is 5.97 Å². The second-order valence-electron chi connectivity index (χ2n) is 4.16. The van der Waals surface area contributed by atoms with Gasteiger partial charge in [-0.15, -0.1) is 0 Å². The summed E-state index contributed by atoms with van der Waals surface area (Å²) in [6.07, 6.45) is 2.49. The lowest BCUT2D eigenvalue weighted by atomic mass is 10.1. The van der Waals surface area contributed by atoms with Gasteiger partial charge in [-0.2, -0.15) is 0 Å². The lowest BCUT2D eigenvalue weighted by molar-refractivity contribution is 0.0697. The predicted molar refractivity (Wildman–Crippen MR) is 76.0 cm³/mol. The van der Waals surface area contributed by atoms with Crippen molar-refractivity contribution in [3.05, 3.63) is 71.3 Å². The van der Waals surface area contributed by atoms with Gasteiger partial charge in [-0.3, -0.25) is 4.99 Å². The topological polar surface area (TPSA) is 49.7 Å². The summed E-state index contributed by atoms with van der Waals surface area (Å²) in [6, 6.07) is 17.0. The summed E-state index contributed by atoms with van der Waals surface area (Å²) < 4.78 is 0. The van der Waals surface area contributed by atoms with E-state index in [0.717, 1.165) is 6.42 Å². The number of carbonyl (C=O) groups is 1. The van der Waals surface area contributed by atoms with Crippen LogP contribution in [0.3, 0.4) is 0 Å². The van der Waals surface area contributed by atoms with Crippen molar-refractivity contribution in [2.24, 2.45) is 4.99 Å². The van der Waals surface area contributed by atoms with Crippen LogP contribution in [0.2, 0.25) is 0 Å². The average molecular weight is 253 g/mol. The van der Waals surface area contributed by atoms with Crippen molar-refractivity contribution in [3.8, 4) is 0 Å².